The molecule has 0 amide bonds. The number of hydrogen-bond donors (Lipinski definition) is 2. The Morgan fingerprint density at radius 1 is 1.50 bits per heavy atom. The minimum atomic E-state index is -0.775. The van der Waals surface area contributed by atoms with Gasteiger partial charge in [-0.15, -0.1) is 0 Å². The van der Waals surface area contributed by atoms with Crippen LogP contribution >= 0.6 is 0 Å². The van der Waals surface area contributed by atoms with Crippen LogP contribution in [0, 0.1) is 0 Å². The van der Waals surface area contributed by atoms with Crippen molar-refractivity contribution in [2.24, 2.45) is 0 Å². The molecule has 2 N–H and O–H groups in total. The van der Waals surface area contributed by atoms with E-state index in [1.165, 1.54) is 0 Å². The third-order valence-corrected chi connectivity index (χ3v) is 2.49. The molecule has 1 aliphatic heterocycles. The molecule has 0 unspecified atom stereocenters. The number of aliphatic carboxylic acids is 1. The van der Waals surface area contributed by atoms with Crippen molar-refractivity contribution in [3.63, 3.8) is 0 Å². The summed E-state index contributed by atoms with van der Waals surface area (Å²) in [6, 6.07) is 5.37. The summed E-state index contributed by atoms with van der Waals surface area (Å²) in [5, 5.41) is 11.8. The molecule has 2 atom stereocenters. The van der Waals surface area contributed by atoms with E-state index in [1.807, 2.05) is 18.2 Å². The third-order valence-electron chi connectivity index (χ3n) is 2.49. The molecule has 0 spiro atoms. The molecule has 1 fully saturated rings. The van der Waals surface area contributed by atoms with E-state index in [9.17, 15) is 4.79 Å². The first-order chi connectivity index (χ1) is 6.77. The number of hydrogen-bond acceptors (Lipinski definition) is 3. The Labute approximate surface area is 82.0 Å². The largest absolute Gasteiger partial charge is 0.480 e. The molecule has 0 aliphatic carbocycles. The lowest BCUT2D eigenvalue weighted by atomic mass is 10.1. The van der Waals surface area contributed by atoms with Crippen molar-refractivity contribution >= 4 is 5.97 Å². The number of nitrogens with zero attached hydrogens (tertiary/aromatic N) is 1. The predicted molar refractivity (Wildman–Crippen MR) is 50.8 cm³/mol. The summed E-state index contributed by atoms with van der Waals surface area (Å²) in [5.74, 6) is -0.775. The van der Waals surface area contributed by atoms with Gasteiger partial charge in [0, 0.05) is 6.20 Å². The van der Waals surface area contributed by atoms with E-state index in [2.05, 4.69) is 10.3 Å². The first kappa shape index (κ1) is 9.15. The smallest absolute Gasteiger partial charge is 0.320 e. The zero-order valence-corrected chi connectivity index (χ0v) is 7.68. The standard InChI is InChI=1S/C10H12N2O2/c13-10(14)9-5-4-8(12-9)7-3-1-2-6-11-7/h1-3,6,8-9,12H,4-5H2,(H,13,14)/t8-,9-/m0/s1. The fourth-order valence-electron chi connectivity index (χ4n) is 1.75. The van der Waals surface area contributed by atoms with Crippen molar-refractivity contribution in [1.29, 1.82) is 0 Å². The molecule has 4 heteroatoms. The lowest BCUT2D eigenvalue weighted by molar-refractivity contribution is -0.139. The number of carbonyl (C=O) groups is 1. The molecular weight excluding hydrogens is 180 g/mol. The number of carboxylic acid groups (broad SMARTS) is 1. The van der Waals surface area contributed by atoms with Gasteiger partial charge in [-0.25, -0.2) is 0 Å². The quantitative estimate of drug-likeness (QED) is 0.732. The Morgan fingerprint density at radius 2 is 2.36 bits per heavy atom. The van der Waals surface area contributed by atoms with Crippen LogP contribution in [0.5, 0.6) is 0 Å². The number of carboxylic acids is 1. The second kappa shape index (κ2) is 3.75. The van der Waals surface area contributed by atoms with Crippen LogP contribution < -0.4 is 5.32 Å². The van der Waals surface area contributed by atoms with E-state index in [-0.39, 0.29) is 6.04 Å². The fourth-order valence-corrected chi connectivity index (χ4v) is 1.75. The van der Waals surface area contributed by atoms with Crippen molar-refractivity contribution in [3.05, 3.63) is 30.1 Å². The van der Waals surface area contributed by atoms with Crippen molar-refractivity contribution in [3.8, 4) is 0 Å². The van der Waals surface area contributed by atoms with Gasteiger partial charge in [-0.1, -0.05) is 6.07 Å². The highest BCUT2D eigenvalue weighted by Crippen LogP contribution is 2.24. The Bertz CT molecular complexity index is 326. The average molecular weight is 192 g/mol. The zero-order chi connectivity index (χ0) is 9.97. The van der Waals surface area contributed by atoms with Gasteiger partial charge in [0.05, 0.1) is 11.7 Å². The highest BCUT2D eigenvalue weighted by Gasteiger charge is 2.29. The van der Waals surface area contributed by atoms with E-state index in [0.29, 0.717) is 6.42 Å². The van der Waals surface area contributed by atoms with Crippen molar-refractivity contribution in [2.75, 3.05) is 0 Å². The number of rotatable bonds is 2. The van der Waals surface area contributed by atoms with Crippen molar-refractivity contribution < 1.29 is 9.90 Å². The van der Waals surface area contributed by atoms with Crippen LogP contribution in [0.25, 0.3) is 0 Å². The summed E-state index contributed by atoms with van der Waals surface area (Å²) in [4.78, 5) is 14.9. The van der Waals surface area contributed by atoms with Gasteiger partial charge < -0.3 is 5.11 Å². The van der Waals surface area contributed by atoms with Gasteiger partial charge in [0.1, 0.15) is 6.04 Å². The Balaban J connectivity index is 2.06. The van der Waals surface area contributed by atoms with Crippen LogP contribution in [0.15, 0.2) is 24.4 Å². The van der Waals surface area contributed by atoms with Gasteiger partial charge in [0.25, 0.3) is 0 Å². The third kappa shape index (κ3) is 1.75. The van der Waals surface area contributed by atoms with Crippen molar-refractivity contribution in [1.82, 2.24) is 10.3 Å². The van der Waals surface area contributed by atoms with E-state index in [4.69, 9.17) is 5.11 Å². The molecule has 0 radical (unpaired) electrons. The Kier molecular flexibility index (Phi) is 2.45. The maximum Gasteiger partial charge on any atom is 0.320 e. The molecule has 0 bridgehead atoms. The van der Waals surface area contributed by atoms with E-state index >= 15 is 0 Å². The predicted octanol–water partition coefficient (Wildman–Crippen LogP) is 0.959. The molecule has 2 heterocycles. The summed E-state index contributed by atoms with van der Waals surface area (Å²) >= 11 is 0. The maximum atomic E-state index is 10.7. The molecule has 1 aliphatic rings. The van der Waals surface area contributed by atoms with Crippen LogP contribution in [-0.4, -0.2) is 22.1 Å². The van der Waals surface area contributed by atoms with Gasteiger partial charge in [0.15, 0.2) is 0 Å². The van der Waals surface area contributed by atoms with Gasteiger partial charge in [0.2, 0.25) is 0 Å². The second-order valence-corrected chi connectivity index (χ2v) is 3.44. The van der Waals surface area contributed by atoms with Crippen LogP contribution in [0.3, 0.4) is 0 Å². The highest BCUT2D eigenvalue weighted by molar-refractivity contribution is 5.73. The summed E-state index contributed by atoms with van der Waals surface area (Å²) < 4.78 is 0. The minimum absolute atomic E-state index is 0.0947. The van der Waals surface area contributed by atoms with Crippen LogP contribution in [0.4, 0.5) is 0 Å². The molecule has 1 aromatic heterocycles. The topological polar surface area (TPSA) is 62.2 Å². The zero-order valence-electron chi connectivity index (χ0n) is 7.68. The summed E-state index contributed by atoms with van der Waals surface area (Å²) in [5.41, 5.74) is 0.927. The molecule has 4 nitrogen and oxygen atoms in total. The van der Waals surface area contributed by atoms with Gasteiger partial charge in [-0.3, -0.25) is 15.1 Å². The number of pyridine rings is 1. The van der Waals surface area contributed by atoms with Gasteiger partial charge >= 0.3 is 5.97 Å². The summed E-state index contributed by atoms with van der Waals surface area (Å²) in [6.07, 6.45) is 3.25. The van der Waals surface area contributed by atoms with E-state index in [0.717, 1.165) is 12.1 Å². The SMILES string of the molecule is O=C(O)[C@@H]1CC[C@@H](c2ccccn2)N1. The van der Waals surface area contributed by atoms with E-state index < -0.39 is 12.0 Å². The maximum absolute atomic E-state index is 10.7. The Morgan fingerprint density at radius 3 is 2.93 bits per heavy atom. The van der Waals surface area contributed by atoms with Crippen LogP contribution in [0.1, 0.15) is 24.6 Å². The fraction of sp³-hybridized carbons (Fsp3) is 0.400. The summed E-state index contributed by atoms with van der Waals surface area (Å²) in [7, 11) is 0. The summed E-state index contributed by atoms with van der Waals surface area (Å²) in [6.45, 7) is 0. The lowest BCUT2D eigenvalue weighted by Crippen LogP contribution is -2.32. The number of nitrogens with one attached hydrogen (secondary N) is 1. The molecule has 74 valence electrons. The highest BCUT2D eigenvalue weighted by atomic mass is 16.4. The Hall–Kier alpha value is -1.42. The van der Waals surface area contributed by atoms with Gasteiger partial charge in [-0.05, 0) is 25.0 Å². The second-order valence-electron chi connectivity index (χ2n) is 3.44. The van der Waals surface area contributed by atoms with Crippen molar-refractivity contribution in [2.45, 2.75) is 24.9 Å². The average Bonchev–Trinajstić information content (AvgIpc) is 2.68. The van der Waals surface area contributed by atoms with E-state index in [1.54, 1.807) is 6.20 Å². The lowest BCUT2D eigenvalue weighted by Gasteiger charge is -2.10. The number of aromatic nitrogens is 1. The van der Waals surface area contributed by atoms with Gasteiger partial charge in [-0.2, -0.15) is 0 Å². The van der Waals surface area contributed by atoms with Crippen LogP contribution in [0.2, 0.25) is 0 Å². The molecule has 2 rings (SSSR count). The molecule has 1 saturated heterocycles. The molecule has 0 saturated carbocycles. The van der Waals surface area contributed by atoms with Crippen LogP contribution in [-0.2, 0) is 4.79 Å². The molecule has 0 aromatic carbocycles. The monoisotopic (exact) mass is 192 g/mol. The normalized spacial score (nSPS) is 26.3. The molecule has 14 heavy (non-hydrogen) atoms. The first-order valence-corrected chi connectivity index (χ1v) is 4.67. The molecular formula is C10H12N2O2. The minimum Gasteiger partial charge on any atom is -0.480 e. The molecule has 1 aromatic rings. The first-order valence-electron chi connectivity index (χ1n) is 4.67.